The highest BCUT2D eigenvalue weighted by molar-refractivity contribution is 6.30. The number of nitrogens with one attached hydrogen (secondary N) is 1. The molecule has 0 heterocycles. The van der Waals surface area contributed by atoms with Crippen molar-refractivity contribution in [3.63, 3.8) is 0 Å². The van der Waals surface area contributed by atoms with Crippen LogP contribution in [0, 0.1) is 5.92 Å². The fraction of sp³-hybridized carbons (Fsp3) is 0.600. The van der Waals surface area contributed by atoms with Crippen molar-refractivity contribution < 1.29 is 13.2 Å². The van der Waals surface area contributed by atoms with Gasteiger partial charge < -0.3 is 5.32 Å². The number of hydrogen-bond donors (Lipinski definition) is 1. The van der Waals surface area contributed by atoms with Crippen molar-refractivity contribution in [2.45, 2.75) is 50.9 Å². The van der Waals surface area contributed by atoms with Crippen LogP contribution >= 0.6 is 11.6 Å². The molecule has 1 atom stereocenters. The van der Waals surface area contributed by atoms with E-state index in [1.54, 1.807) is 0 Å². The maximum absolute atomic E-state index is 12.6. The first kappa shape index (κ1) is 15.6. The second-order valence-corrected chi connectivity index (χ2v) is 5.97. The van der Waals surface area contributed by atoms with Crippen LogP contribution < -0.4 is 5.32 Å². The van der Waals surface area contributed by atoms with Crippen LogP contribution in [0.25, 0.3) is 0 Å². The third-order valence-electron chi connectivity index (χ3n) is 4.05. The molecule has 20 heavy (non-hydrogen) atoms. The summed E-state index contributed by atoms with van der Waals surface area (Å²) >= 11 is 5.84. The highest BCUT2D eigenvalue weighted by Gasteiger charge is 2.41. The Morgan fingerprint density at radius 3 is 2.15 bits per heavy atom. The Morgan fingerprint density at radius 1 is 1.10 bits per heavy atom. The monoisotopic (exact) mass is 305 g/mol. The summed E-state index contributed by atoms with van der Waals surface area (Å²) in [4.78, 5) is 0. The van der Waals surface area contributed by atoms with Gasteiger partial charge in [0.25, 0.3) is 0 Å². The van der Waals surface area contributed by atoms with Crippen LogP contribution in [0.3, 0.4) is 0 Å². The minimum Gasteiger partial charge on any atom is -0.307 e. The first-order valence-electron chi connectivity index (χ1n) is 6.94. The SMILES string of the molecule is C[C@@H](NC1CCC(C(F)(F)F)CC1)c1ccc(Cl)cc1. The van der Waals surface area contributed by atoms with E-state index in [4.69, 9.17) is 11.6 Å². The van der Waals surface area contributed by atoms with Crippen LogP contribution in [-0.2, 0) is 0 Å². The summed E-state index contributed by atoms with van der Waals surface area (Å²) in [5.74, 6) is -1.12. The van der Waals surface area contributed by atoms with Crippen molar-refractivity contribution in [3.8, 4) is 0 Å². The molecular formula is C15H19ClF3N. The molecule has 0 aromatic heterocycles. The first-order chi connectivity index (χ1) is 9.36. The second kappa shape index (κ2) is 6.35. The van der Waals surface area contributed by atoms with E-state index in [0.29, 0.717) is 17.9 Å². The molecule has 0 amide bonds. The van der Waals surface area contributed by atoms with E-state index in [1.807, 2.05) is 31.2 Å². The molecule has 1 saturated carbocycles. The van der Waals surface area contributed by atoms with E-state index in [-0.39, 0.29) is 24.9 Å². The lowest BCUT2D eigenvalue weighted by Gasteiger charge is -2.32. The van der Waals surface area contributed by atoms with E-state index >= 15 is 0 Å². The van der Waals surface area contributed by atoms with Gasteiger partial charge >= 0.3 is 6.18 Å². The van der Waals surface area contributed by atoms with Gasteiger partial charge in [0.15, 0.2) is 0 Å². The molecule has 1 nitrogen and oxygen atoms in total. The van der Waals surface area contributed by atoms with Crippen molar-refractivity contribution in [2.24, 2.45) is 5.92 Å². The predicted molar refractivity (Wildman–Crippen MR) is 74.8 cm³/mol. The number of benzene rings is 1. The Labute approximate surface area is 122 Å². The maximum atomic E-state index is 12.6. The van der Waals surface area contributed by atoms with Gasteiger partial charge in [-0.1, -0.05) is 23.7 Å². The average molecular weight is 306 g/mol. The molecule has 1 fully saturated rings. The smallest absolute Gasteiger partial charge is 0.307 e. The van der Waals surface area contributed by atoms with Crippen molar-refractivity contribution in [1.82, 2.24) is 5.32 Å². The minimum absolute atomic E-state index is 0.125. The molecule has 1 aromatic carbocycles. The zero-order chi connectivity index (χ0) is 14.8. The average Bonchev–Trinajstić information content (AvgIpc) is 2.39. The van der Waals surface area contributed by atoms with Gasteiger partial charge in [0.1, 0.15) is 0 Å². The van der Waals surface area contributed by atoms with E-state index in [2.05, 4.69) is 5.32 Å². The molecule has 0 bridgehead atoms. The molecule has 0 unspecified atom stereocenters. The third-order valence-corrected chi connectivity index (χ3v) is 4.30. The lowest BCUT2D eigenvalue weighted by atomic mass is 9.85. The van der Waals surface area contributed by atoms with Gasteiger partial charge in [-0.25, -0.2) is 0 Å². The van der Waals surface area contributed by atoms with Crippen LogP contribution in [0.5, 0.6) is 0 Å². The van der Waals surface area contributed by atoms with E-state index in [9.17, 15) is 13.2 Å². The molecule has 1 N–H and O–H groups in total. The molecule has 1 aromatic rings. The molecular weight excluding hydrogens is 287 g/mol. The van der Waals surface area contributed by atoms with Gasteiger partial charge in [0.2, 0.25) is 0 Å². The lowest BCUT2D eigenvalue weighted by Crippen LogP contribution is -2.38. The Hall–Kier alpha value is -0.740. The molecule has 1 aliphatic rings. The molecule has 5 heteroatoms. The summed E-state index contributed by atoms with van der Waals surface area (Å²) in [6.45, 7) is 2.03. The van der Waals surface area contributed by atoms with Crippen molar-refractivity contribution in [3.05, 3.63) is 34.9 Å². The molecule has 0 spiro atoms. The molecule has 0 radical (unpaired) electrons. The summed E-state index contributed by atoms with van der Waals surface area (Å²) < 4.78 is 37.8. The highest BCUT2D eigenvalue weighted by atomic mass is 35.5. The summed E-state index contributed by atoms with van der Waals surface area (Å²) in [5.41, 5.74) is 1.10. The van der Waals surface area contributed by atoms with Crippen LogP contribution in [-0.4, -0.2) is 12.2 Å². The number of hydrogen-bond acceptors (Lipinski definition) is 1. The Balaban J connectivity index is 1.85. The molecule has 1 aliphatic carbocycles. The second-order valence-electron chi connectivity index (χ2n) is 5.53. The van der Waals surface area contributed by atoms with Crippen LogP contribution in [0.1, 0.15) is 44.2 Å². The molecule has 2 rings (SSSR count). The first-order valence-corrected chi connectivity index (χ1v) is 7.32. The number of alkyl halides is 3. The van der Waals surface area contributed by atoms with Gasteiger partial charge in [-0.3, -0.25) is 0 Å². The van der Waals surface area contributed by atoms with Crippen LogP contribution in [0.15, 0.2) is 24.3 Å². The number of halogens is 4. The summed E-state index contributed by atoms with van der Waals surface area (Å²) in [6.07, 6.45) is -2.40. The number of rotatable bonds is 3. The van der Waals surface area contributed by atoms with Gasteiger partial charge in [0.05, 0.1) is 5.92 Å². The van der Waals surface area contributed by atoms with E-state index < -0.39 is 12.1 Å². The quantitative estimate of drug-likeness (QED) is 0.818. The normalized spacial score (nSPS) is 25.4. The Bertz CT molecular complexity index is 422. The zero-order valence-electron chi connectivity index (χ0n) is 11.4. The summed E-state index contributed by atoms with van der Waals surface area (Å²) in [6, 6.07) is 7.84. The van der Waals surface area contributed by atoms with Gasteiger partial charge in [-0.2, -0.15) is 13.2 Å². The molecule has 0 saturated heterocycles. The Morgan fingerprint density at radius 2 is 1.65 bits per heavy atom. The fourth-order valence-corrected chi connectivity index (χ4v) is 2.91. The maximum Gasteiger partial charge on any atom is 0.391 e. The molecule has 112 valence electrons. The highest BCUT2D eigenvalue weighted by Crippen LogP contribution is 2.37. The largest absolute Gasteiger partial charge is 0.391 e. The van der Waals surface area contributed by atoms with E-state index in [0.717, 1.165) is 5.56 Å². The van der Waals surface area contributed by atoms with E-state index in [1.165, 1.54) is 0 Å². The summed E-state index contributed by atoms with van der Waals surface area (Å²) in [7, 11) is 0. The van der Waals surface area contributed by atoms with Gasteiger partial charge in [0, 0.05) is 17.1 Å². The van der Waals surface area contributed by atoms with Crippen LogP contribution in [0.4, 0.5) is 13.2 Å². The topological polar surface area (TPSA) is 12.0 Å². The van der Waals surface area contributed by atoms with Crippen molar-refractivity contribution in [2.75, 3.05) is 0 Å². The Kier molecular flexibility index (Phi) is 4.97. The van der Waals surface area contributed by atoms with Crippen LogP contribution in [0.2, 0.25) is 5.02 Å². The van der Waals surface area contributed by atoms with Gasteiger partial charge in [-0.15, -0.1) is 0 Å². The van der Waals surface area contributed by atoms with Crippen molar-refractivity contribution >= 4 is 11.6 Å². The molecule has 0 aliphatic heterocycles. The zero-order valence-corrected chi connectivity index (χ0v) is 12.1. The summed E-state index contributed by atoms with van der Waals surface area (Å²) in [5, 5.41) is 4.10. The van der Waals surface area contributed by atoms with Crippen molar-refractivity contribution in [1.29, 1.82) is 0 Å². The van der Waals surface area contributed by atoms with Gasteiger partial charge in [-0.05, 0) is 50.3 Å². The minimum atomic E-state index is -4.03. The third kappa shape index (κ3) is 4.13. The standard InChI is InChI=1S/C15H19ClF3N/c1-10(11-2-6-13(16)7-3-11)20-14-8-4-12(5-9-14)15(17,18)19/h2-3,6-7,10,12,14,20H,4-5,8-9H2,1H3/t10-,12?,14?/m1/s1. The fourth-order valence-electron chi connectivity index (χ4n) is 2.79. The predicted octanol–water partition coefficient (Wildman–Crippen LogP) is 5.11. The lowest BCUT2D eigenvalue weighted by molar-refractivity contribution is -0.182.